The Labute approximate surface area is 137 Å². The van der Waals surface area contributed by atoms with Gasteiger partial charge in [0.05, 0.1) is 11.9 Å². The van der Waals surface area contributed by atoms with Crippen LogP contribution in [-0.4, -0.2) is 19.6 Å². The second-order valence-corrected chi connectivity index (χ2v) is 5.48. The van der Waals surface area contributed by atoms with Crippen molar-refractivity contribution in [3.05, 3.63) is 66.1 Å². The normalized spacial score (nSPS) is 11.0. The molecule has 0 bridgehead atoms. The Morgan fingerprint density at radius 2 is 1.78 bits per heavy atom. The van der Waals surface area contributed by atoms with Crippen molar-refractivity contribution in [3.8, 4) is 22.4 Å². The number of halogens is 1. The first-order chi connectivity index (χ1) is 11.2. The van der Waals surface area contributed by atoms with E-state index >= 15 is 0 Å². The lowest BCUT2D eigenvalue weighted by Crippen LogP contribution is -1.99. The van der Waals surface area contributed by atoms with E-state index in [9.17, 15) is 0 Å². The highest BCUT2D eigenvalue weighted by Crippen LogP contribution is 2.27. The van der Waals surface area contributed by atoms with Crippen molar-refractivity contribution < 1.29 is 0 Å². The smallest absolute Gasteiger partial charge is 0.166 e. The molecule has 4 aromatic rings. The first kappa shape index (κ1) is 13.7. The Hall–Kier alpha value is -2.92. The van der Waals surface area contributed by atoms with Gasteiger partial charge in [0, 0.05) is 29.0 Å². The Kier molecular flexibility index (Phi) is 3.20. The lowest BCUT2D eigenvalue weighted by Gasteiger charge is -2.04. The molecule has 0 aliphatic rings. The second kappa shape index (κ2) is 5.37. The van der Waals surface area contributed by atoms with Gasteiger partial charge in [0.25, 0.3) is 0 Å². The zero-order chi connectivity index (χ0) is 15.8. The second-order valence-electron chi connectivity index (χ2n) is 5.10. The van der Waals surface area contributed by atoms with Gasteiger partial charge in [-0.1, -0.05) is 48.0 Å². The lowest BCUT2D eigenvalue weighted by molar-refractivity contribution is 0.952. The van der Waals surface area contributed by atoms with E-state index in [-0.39, 0.29) is 0 Å². The average Bonchev–Trinajstić information content (AvgIpc) is 3.00. The van der Waals surface area contributed by atoms with E-state index in [0.29, 0.717) is 16.6 Å². The number of pyridine rings is 1. The molecule has 0 radical (unpaired) electrons. The molecule has 0 aliphatic heterocycles. The van der Waals surface area contributed by atoms with Crippen molar-refractivity contribution in [2.24, 2.45) is 0 Å². The Bertz CT molecular complexity index is 977. The van der Waals surface area contributed by atoms with Gasteiger partial charge in [-0.15, -0.1) is 0 Å². The topological polar surface area (TPSA) is 69.1 Å². The fourth-order valence-corrected chi connectivity index (χ4v) is 2.68. The highest BCUT2D eigenvalue weighted by Gasteiger charge is 2.11. The van der Waals surface area contributed by atoms with E-state index in [2.05, 4.69) is 15.1 Å². The molecule has 0 saturated carbocycles. The van der Waals surface area contributed by atoms with Crippen molar-refractivity contribution >= 4 is 23.1 Å². The largest absolute Gasteiger partial charge is 0.383 e. The molecule has 0 unspecified atom stereocenters. The molecule has 3 aromatic heterocycles. The number of anilines is 1. The molecule has 23 heavy (non-hydrogen) atoms. The monoisotopic (exact) mass is 321 g/mol. The predicted octanol–water partition coefficient (Wildman–Crippen LogP) is 3.69. The maximum absolute atomic E-state index is 6.00. The molecule has 4 rings (SSSR count). The Balaban J connectivity index is 1.80. The molecule has 112 valence electrons. The zero-order valence-electron chi connectivity index (χ0n) is 12.0. The van der Waals surface area contributed by atoms with E-state index < -0.39 is 0 Å². The summed E-state index contributed by atoms with van der Waals surface area (Å²) in [5.74, 6) is 0.445. The fraction of sp³-hybridized carbons (Fsp3) is 0. The summed E-state index contributed by atoms with van der Waals surface area (Å²) in [7, 11) is 0. The third-order valence-electron chi connectivity index (χ3n) is 3.61. The van der Waals surface area contributed by atoms with E-state index in [1.807, 2.05) is 42.5 Å². The van der Waals surface area contributed by atoms with Crippen LogP contribution in [0.3, 0.4) is 0 Å². The molecule has 3 heterocycles. The molecule has 0 aliphatic carbocycles. The van der Waals surface area contributed by atoms with Crippen LogP contribution in [-0.2, 0) is 0 Å². The lowest BCUT2D eigenvalue weighted by atomic mass is 10.1. The molecule has 0 atom stereocenters. The van der Waals surface area contributed by atoms with E-state index in [4.69, 9.17) is 17.3 Å². The highest BCUT2D eigenvalue weighted by molar-refractivity contribution is 6.29. The zero-order valence-corrected chi connectivity index (χ0v) is 12.8. The van der Waals surface area contributed by atoms with Crippen LogP contribution in [0.15, 0.2) is 60.9 Å². The van der Waals surface area contributed by atoms with Crippen molar-refractivity contribution in [3.63, 3.8) is 0 Å². The van der Waals surface area contributed by atoms with Gasteiger partial charge in [0.2, 0.25) is 0 Å². The number of hydrogen-bond donors (Lipinski definition) is 1. The molecular weight excluding hydrogens is 310 g/mol. The minimum atomic E-state index is 0.339. The van der Waals surface area contributed by atoms with Crippen LogP contribution in [0.5, 0.6) is 0 Å². The van der Waals surface area contributed by atoms with Crippen LogP contribution < -0.4 is 5.73 Å². The molecule has 6 heteroatoms. The number of nitrogens with zero attached hydrogens (tertiary/aromatic N) is 4. The number of benzene rings is 1. The van der Waals surface area contributed by atoms with E-state index in [1.165, 1.54) is 0 Å². The van der Waals surface area contributed by atoms with Gasteiger partial charge in [-0.25, -0.2) is 4.98 Å². The number of aromatic nitrogens is 4. The van der Waals surface area contributed by atoms with Crippen molar-refractivity contribution in [2.75, 3.05) is 5.73 Å². The minimum absolute atomic E-state index is 0.339. The summed E-state index contributed by atoms with van der Waals surface area (Å²) < 4.78 is 1.56. The van der Waals surface area contributed by atoms with Gasteiger partial charge in [-0.3, -0.25) is 4.98 Å². The van der Waals surface area contributed by atoms with Crippen molar-refractivity contribution in [1.82, 2.24) is 19.6 Å². The third-order valence-corrected chi connectivity index (χ3v) is 3.81. The quantitative estimate of drug-likeness (QED) is 0.572. The minimum Gasteiger partial charge on any atom is -0.383 e. The highest BCUT2D eigenvalue weighted by atomic mass is 35.5. The van der Waals surface area contributed by atoms with E-state index in [1.54, 1.807) is 23.0 Å². The summed E-state index contributed by atoms with van der Waals surface area (Å²) >= 11 is 6.00. The molecule has 0 amide bonds. The first-order valence-electron chi connectivity index (χ1n) is 7.04. The molecule has 1 aromatic carbocycles. The summed E-state index contributed by atoms with van der Waals surface area (Å²) in [5.41, 5.74) is 10.3. The SMILES string of the molecule is Nc1cc(Cl)nc2c(-c3ccc(-c4ccccc4)nc3)cnn12. The molecular formula is C17H12ClN5. The van der Waals surface area contributed by atoms with Gasteiger partial charge >= 0.3 is 0 Å². The number of fused-ring (bicyclic) bond motifs is 1. The van der Waals surface area contributed by atoms with Gasteiger partial charge < -0.3 is 5.73 Å². The summed E-state index contributed by atoms with van der Waals surface area (Å²) in [6.07, 6.45) is 3.52. The fourth-order valence-electron chi connectivity index (χ4n) is 2.49. The predicted molar refractivity (Wildman–Crippen MR) is 91.1 cm³/mol. The summed E-state index contributed by atoms with van der Waals surface area (Å²) in [6.45, 7) is 0. The molecule has 0 saturated heterocycles. The third kappa shape index (κ3) is 2.41. The van der Waals surface area contributed by atoms with Crippen LogP contribution in [0.25, 0.3) is 28.0 Å². The van der Waals surface area contributed by atoms with Gasteiger partial charge in [-0.05, 0) is 6.07 Å². The summed E-state index contributed by atoms with van der Waals surface area (Å²) in [5, 5.41) is 4.60. The number of hydrogen-bond acceptors (Lipinski definition) is 4. The Morgan fingerprint density at radius 3 is 2.52 bits per heavy atom. The summed E-state index contributed by atoms with van der Waals surface area (Å²) in [6, 6.07) is 15.6. The molecule has 2 N–H and O–H groups in total. The maximum atomic E-state index is 6.00. The van der Waals surface area contributed by atoms with E-state index in [0.717, 1.165) is 22.4 Å². The van der Waals surface area contributed by atoms with Crippen LogP contribution in [0.4, 0.5) is 5.82 Å². The molecule has 0 spiro atoms. The van der Waals surface area contributed by atoms with Gasteiger partial charge in [0.15, 0.2) is 5.65 Å². The Morgan fingerprint density at radius 1 is 0.957 bits per heavy atom. The van der Waals surface area contributed by atoms with Crippen molar-refractivity contribution in [2.45, 2.75) is 0 Å². The first-order valence-corrected chi connectivity index (χ1v) is 7.42. The maximum Gasteiger partial charge on any atom is 0.166 e. The number of rotatable bonds is 2. The van der Waals surface area contributed by atoms with Crippen LogP contribution >= 0.6 is 11.6 Å². The van der Waals surface area contributed by atoms with Gasteiger partial charge in [0.1, 0.15) is 11.0 Å². The standard InChI is InChI=1S/C17H12ClN5/c18-15-8-16(19)23-17(22-15)13(10-21-23)12-6-7-14(20-9-12)11-4-2-1-3-5-11/h1-10H,19H2. The number of nitrogen functional groups attached to an aromatic ring is 1. The van der Waals surface area contributed by atoms with Crippen molar-refractivity contribution in [1.29, 1.82) is 0 Å². The molecule has 0 fully saturated rings. The summed E-state index contributed by atoms with van der Waals surface area (Å²) in [4.78, 5) is 8.84. The van der Waals surface area contributed by atoms with Crippen LogP contribution in [0.2, 0.25) is 5.15 Å². The van der Waals surface area contributed by atoms with Gasteiger partial charge in [-0.2, -0.15) is 9.61 Å². The number of nitrogens with two attached hydrogens (primary N) is 1. The van der Waals surface area contributed by atoms with Crippen LogP contribution in [0, 0.1) is 0 Å². The molecule has 5 nitrogen and oxygen atoms in total. The van der Waals surface area contributed by atoms with Crippen LogP contribution in [0.1, 0.15) is 0 Å². The average molecular weight is 322 g/mol.